The maximum absolute atomic E-state index is 12.8. The molecule has 2 amide bonds. The van der Waals surface area contributed by atoms with Crippen molar-refractivity contribution in [2.45, 2.75) is 31.8 Å². The number of aromatic nitrogens is 2. The molecule has 0 spiro atoms. The Bertz CT molecular complexity index is 844. The van der Waals surface area contributed by atoms with Gasteiger partial charge in [0.25, 0.3) is 0 Å². The molecule has 0 aliphatic carbocycles. The van der Waals surface area contributed by atoms with E-state index in [0.29, 0.717) is 21.3 Å². The summed E-state index contributed by atoms with van der Waals surface area (Å²) in [4.78, 5) is 28.8. The molecule has 1 aliphatic heterocycles. The zero-order chi connectivity index (χ0) is 21.0. The van der Waals surface area contributed by atoms with E-state index in [9.17, 15) is 4.79 Å². The third-order valence-electron chi connectivity index (χ3n) is 5.17. The Balaban J connectivity index is 1.73. The Morgan fingerprint density at radius 2 is 2.00 bits per heavy atom. The first kappa shape index (κ1) is 21.8. The van der Waals surface area contributed by atoms with Crippen LogP contribution in [0, 0.1) is 0 Å². The van der Waals surface area contributed by atoms with E-state index in [1.165, 1.54) is 12.2 Å². The summed E-state index contributed by atoms with van der Waals surface area (Å²) in [7, 11) is 3.59. The smallest absolute Gasteiger partial charge is 0.330 e. The van der Waals surface area contributed by atoms with Gasteiger partial charge in [-0.15, -0.1) is 0 Å². The number of piperidine rings is 1. The van der Waals surface area contributed by atoms with Gasteiger partial charge in [-0.3, -0.25) is 14.8 Å². The van der Waals surface area contributed by atoms with Crippen molar-refractivity contribution in [2.24, 2.45) is 0 Å². The van der Waals surface area contributed by atoms with Crippen LogP contribution >= 0.6 is 23.2 Å². The van der Waals surface area contributed by atoms with Crippen molar-refractivity contribution in [3.8, 4) is 11.3 Å². The number of amides is 2. The van der Waals surface area contributed by atoms with Crippen LogP contribution in [0.3, 0.4) is 0 Å². The van der Waals surface area contributed by atoms with Gasteiger partial charge < -0.3 is 10.2 Å². The van der Waals surface area contributed by atoms with Crippen molar-refractivity contribution in [3.05, 3.63) is 46.3 Å². The van der Waals surface area contributed by atoms with Gasteiger partial charge in [0, 0.05) is 18.0 Å². The second-order valence-corrected chi connectivity index (χ2v) is 7.89. The zero-order valence-electron chi connectivity index (χ0n) is 16.7. The molecule has 1 saturated heterocycles. The largest absolute Gasteiger partial charge is 0.342 e. The molecule has 0 saturated carbocycles. The second-order valence-electron chi connectivity index (χ2n) is 7.13. The van der Waals surface area contributed by atoms with Crippen LogP contribution < -0.4 is 5.32 Å². The quantitative estimate of drug-likeness (QED) is 0.710. The molecular weight excluding hydrogens is 413 g/mol. The number of benzene rings is 1. The van der Waals surface area contributed by atoms with Gasteiger partial charge in [-0.05, 0) is 45.5 Å². The Hall–Kier alpha value is -1.93. The maximum Gasteiger partial charge on any atom is 0.342 e. The van der Waals surface area contributed by atoms with Gasteiger partial charge >= 0.3 is 6.03 Å². The minimum absolute atomic E-state index is 0.0430. The first-order valence-corrected chi connectivity index (χ1v) is 10.2. The fourth-order valence-electron chi connectivity index (χ4n) is 3.49. The van der Waals surface area contributed by atoms with Crippen LogP contribution in [0.5, 0.6) is 0 Å². The summed E-state index contributed by atoms with van der Waals surface area (Å²) >= 11 is 13.0. The van der Waals surface area contributed by atoms with Gasteiger partial charge in [-0.25, -0.2) is 9.86 Å². The normalized spacial score (nSPS) is 16.4. The van der Waals surface area contributed by atoms with Gasteiger partial charge in [0.15, 0.2) is 0 Å². The minimum atomic E-state index is -0.354. The van der Waals surface area contributed by atoms with Gasteiger partial charge in [0.2, 0.25) is 0 Å². The molecule has 7 nitrogen and oxygen atoms in total. The number of hydroxylamine groups is 2. The molecule has 9 heteroatoms. The third kappa shape index (κ3) is 4.98. The van der Waals surface area contributed by atoms with Gasteiger partial charge in [0.05, 0.1) is 41.1 Å². The molecule has 3 rings (SSSR count). The predicted molar refractivity (Wildman–Crippen MR) is 114 cm³/mol. The second kappa shape index (κ2) is 9.71. The Morgan fingerprint density at radius 3 is 2.62 bits per heavy atom. The SMILES string of the molecule is CON(C(=O)NC(C)c1ccc(-c2cnccn2)c(Cl)c1Cl)C1CCN(C)CC1. The van der Waals surface area contributed by atoms with Gasteiger partial charge in [-0.2, -0.15) is 0 Å². The van der Waals surface area contributed by atoms with Gasteiger partial charge in [0.1, 0.15) is 0 Å². The van der Waals surface area contributed by atoms with Crippen LogP contribution in [0.2, 0.25) is 10.0 Å². The molecule has 1 aromatic carbocycles. The van der Waals surface area contributed by atoms with Crippen LogP contribution in [0.15, 0.2) is 30.7 Å². The number of nitrogens with zero attached hydrogens (tertiary/aromatic N) is 4. The maximum atomic E-state index is 12.8. The lowest BCUT2D eigenvalue weighted by atomic mass is 10.0. The molecule has 156 valence electrons. The lowest BCUT2D eigenvalue weighted by Crippen LogP contribution is -2.50. The Kier molecular flexibility index (Phi) is 7.29. The van der Waals surface area contributed by atoms with Crippen LogP contribution in [0.25, 0.3) is 11.3 Å². The van der Waals surface area contributed by atoms with Crippen molar-refractivity contribution in [2.75, 3.05) is 27.2 Å². The molecule has 1 unspecified atom stereocenters. The van der Waals surface area contributed by atoms with Gasteiger partial charge in [-0.1, -0.05) is 35.3 Å². The summed E-state index contributed by atoms with van der Waals surface area (Å²) in [6.45, 7) is 3.72. The first-order valence-electron chi connectivity index (χ1n) is 9.49. The van der Waals surface area contributed by atoms with E-state index < -0.39 is 0 Å². The number of halogens is 2. The highest BCUT2D eigenvalue weighted by molar-refractivity contribution is 6.44. The fourth-order valence-corrected chi connectivity index (χ4v) is 4.09. The summed E-state index contributed by atoms with van der Waals surface area (Å²) in [6.07, 6.45) is 6.55. The fraction of sp³-hybridized carbons (Fsp3) is 0.450. The summed E-state index contributed by atoms with van der Waals surface area (Å²) in [5.41, 5.74) is 2.05. The van der Waals surface area contributed by atoms with Crippen LogP contribution in [0.1, 0.15) is 31.4 Å². The van der Waals surface area contributed by atoms with E-state index in [1.807, 2.05) is 19.1 Å². The number of urea groups is 1. The number of carbonyl (C=O) groups is 1. The summed E-state index contributed by atoms with van der Waals surface area (Å²) in [6, 6.07) is 3.07. The van der Waals surface area contributed by atoms with Crippen molar-refractivity contribution >= 4 is 29.2 Å². The summed E-state index contributed by atoms with van der Waals surface area (Å²) < 4.78 is 0. The number of rotatable bonds is 5. The number of carbonyl (C=O) groups excluding carboxylic acids is 1. The average molecular weight is 438 g/mol. The zero-order valence-corrected chi connectivity index (χ0v) is 18.2. The molecule has 1 aromatic heterocycles. The van der Waals surface area contributed by atoms with Crippen molar-refractivity contribution in [3.63, 3.8) is 0 Å². The third-order valence-corrected chi connectivity index (χ3v) is 6.07. The van der Waals surface area contributed by atoms with E-state index in [0.717, 1.165) is 31.5 Å². The lowest BCUT2D eigenvalue weighted by molar-refractivity contribution is -0.127. The molecule has 1 aliphatic rings. The highest BCUT2D eigenvalue weighted by Crippen LogP contribution is 2.37. The Morgan fingerprint density at radius 1 is 1.28 bits per heavy atom. The summed E-state index contributed by atoms with van der Waals surface area (Å²) in [5.74, 6) is 0. The highest BCUT2D eigenvalue weighted by atomic mass is 35.5. The standard InChI is InChI=1S/C20H25Cl2N5O2/c1-13(25-20(28)27(29-3)14-6-10-26(2)11-7-14)15-4-5-16(19(22)18(15)21)17-12-23-8-9-24-17/h4-5,8-9,12-14H,6-7,10-11H2,1-3H3,(H,25,28). The van der Waals surface area contributed by atoms with Crippen molar-refractivity contribution < 1.29 is 9.63 Å². The molecule has 29 heavy (non-hydrogen) atoms. The monoisotopic (exact) mass is 437 g/mol. The molecule has 0 radical (unpaired) electrons. The van der Waals surface area contributed by atoms with Crippen LogP contribution in [-0.2, 0) is 4.84 Å². The molecule has 1 fully saturated rings. The molecule has 1 atom stereocenters. The molecule has 1 N–H and O–H groups in total. The molecule has 2 heterocycles. The minimum Gasteiger partial charge on any atom is -0.330 e. The van der Waals surface area contributed by atoms with Crippen LogP contribution in [0.4, 0.5) is 4.79 Å². The van der Waals surface area contributed by atoms with Crippen LogP contribution in [-0.4, -0.2) is 59.3 Å². The number of nitrogens with one attached hydrogen (secondary N) is 1. The number of likely N-dealkylation sites (tertiary alicyclic amines) is 1. The molecular formula is C20H25Cl2N5O2. The first-order chi connectivity index (χ1) is 13.9. The van der Waals surface area contributed by atoms with E-state index >= 15 is 0 Å². The van der Waals surface area contributed by atoms with Crippen molar-refractivity contribution in [1.82, 2.24) is 25.2 Å². The summed E-state index contributed by atoms with van der Waals surface area (Å²) in [5, 5.41) is 5.14. The topological polar surface area (TPSA) is 70.6 Å². The Labute approximate surface area is 180 Å². The molecule has 0 bridgehead atoms. The predicted octanol–water partition coefficient (Wildman–Crippen LogP) is 4.18. The highest BCUT2D eigenvalue weighted by Gasteiger charge is 2.29. The van der Waals surface area contributed by atoms with Crippen molar-refractivity contribution in [1.29, 1.82) is 0 Å². The van der Waals surface area contributed by atoms with E-state index in [-0.39, 0.29) is 18.1 Å². The lowest BCUT2D eigenvalue weighted by Gasteiger charge is -2.36. The number of hydrogen-bond acceptors (Lipinski definition) is 5. The number of hydrogen-bond donors (Lipinski definition) is 1. The molecule has 2 aromatic rings. The average Bonchev–Trinajstić information content (AvgIpc) is 2.72. The van der Waals surface area contributed by atoms with E-state index in [1.54, 1.807) is 18.6 Å². The van der Waals surface area contributed by atoms with E-state index in [4.69, 9.17) is 28.0 Å². The van der Waals surface area contributed by atoms with E-state index in [2.05, 4.69) is 27.2 Å².